The van der Waals surface area contributed by atoms with E-state index in [1.807, 2.05) is 11.3 Å². The first-order valence-corrected chi connectivity index (χ1v) is 8.31. The normalized spacial score (nSPS) is 37.8. The van der Waals surface area contributed by atoms with E-state index in [2.05, 4.69) is 11.4 Å². The number of hydrogen-bond acceptors (Lipinski definition) is 2. The molecule has 0 radical (unpaired) electrons. The summed E-state index contributed by atoms with van der Waals surface area (Å²) in [6.45, 7) is 0. The quantitative estimate of drug-likeness (QED) is 0.780. The maximum atomic E-state index is 12.9. The van der Waals surface area contributed by atoms with Gasteiger partial charge in [0.2, 0.25) is 0 Å². The zero-order chi connectivity index (χ0) is 12.1. The second-order valence-electron chi connectivity index (χ2n) is 6.43. The molecule has 0 spiro atoms. The molecule has 0 amide bonds. The summed E-state index contributed by atoms with van der Waals surface area (Å²) in [4.78, 5) is 14.3. The fourth-order valence-electron chi connectivity index (χ4n) is 4.63. The molecule has 0 aromatic carbocycles. The van der Waals surface area contributed by atoms with E-state index < -0.39 is 0 Å². The molecular weight excluding hydrogens is 240 g/mol. The van der Waals surface area contributed by atoms with Gasteiger partial charge in [-0.25, -0.2) is 0 Å². The number of carbonyl (C=O) groups is 1. The summed E-state index contributed by atoms with van der Waals surface area (Å²) in [6.07, 6.45) is 8.79. The lowest BCUT2D eigenvalue weighted by molar-refractivity contribution is -0.126. The lowest BCUT2D eigenvalue weighted by Crippen LogP contribution is -2.28. The predicted molar refractivity (Wildman–Crippen MR) is 73.9 cm³/mol. The molecule has 1 aromatic heterocycles. The summed E-state index contributed by atoms with van der Waals surface area (Å²) in [5, 5.41) is 2.18. The minimum atomic E-state index is 0.254. The molecule has 4 atom stereocenters. The van der Waals surface area contributed by atoms with E-state index in [9.17, 15) is 4.79 Å². The fourth-order valence-corrected chi connectivity index (χ4v) is 5.62. The smallest absolute Gasteiger partial charge is 0.143 e. The van der Waals surface area contributed by atoms with Crippen LogP contribution in [0.5, 0.6) is 0 Å². The minimum absolute atomic E-state index is 0.254. The molecule has 96 valence electrons. The van der Waals surface area contributed by atoms with Crippen molar-refractivity contribution in [1.82, 2.24) is 0 Å². The Balaban J connectivity index is 1.60. The van der Waals surface area contributed by atoms with Crippen molar-refractivity contribution in [3.63, 3.8) is 0 Å². The Morgan fingerprint density at radius 1 is 1.22 bits per heavy atom. The van der Waals surface area contributed by atoms with E-state index in [1.54, 1.807) is 0 Å². The van der Waals surface area contributed by atoms with Crippen LogP contribution in [0.15, 0.2) is 11.4 Å². The van der Waals surface area contributed by atoms with Crippen molar-refractivity contribution in [2.75, 3.05) is 0 Å². The molecule has 1 nitrogen and oxygen atoms in total. The summed E-state index contributed by atoms with van der Waals surface area (Å²) < 4.78 is 0. The highest BCUT2D eigenvalue weighted by atomic mass is 32.1. The number of fused-ring (bicyclic) bond motifs is 3. The maximum absolute atomic E-state index is 12.9. The second-order valence-corrected chi connectivity index (χ2v) is 7.43. The number of rotatable bonds is 2. The Hall–Kier alpha value is -0.630. The van der Waals surface area contributed by atoms with Gasteiger partial charge in [0.25, 0.3) is 0 Å². The van der Waals surface area contributed by atoms with Crippen LogP contribution < -0.4 is 0 Å². The molecule has 0 N–H and O–H groups in total. The van der Waals surface area contributed by atoms with Gasteiger partial charge in [0, 0.05) is 16.7 Å². The number of ketones is 1. The third kappa shape index (κ3) is 1.61. The molecule has 0 aliphatic heterocycles. The molecule has 3 aliphatic rings. The highest BCUT2D eigenvalue weighted by molar-refractivity contribution is 7.10. The van der Waals surface area contributed by atoms with E-state index in [0.29, 0.717) is 11.7 Å². The Morgan fingerprint density at radius 2 is 2.17 bits per heavy atom. The first-order chi connectivity index (χ1) is 8.83. The first-order valence-electron chi connectivity index (χ1n) is 7.43. The van der Waals surface area contributed by atoms with Crippen molar-refractivity contribution in [3.05, 3.63) is 21.9 Å². The Kier molecular flexibility index (Phi) is 2.61. The van der Waals surface area contributed by atoms with Crippen LogP contribution in [-0.2, 0) is 11.2 Å². The van der Waals surface area contributed by atoms with Crippen LogP contribution >= 0.6 is 11.3 Å². The Morgan fingerprint density at radius 3 is 2.94 bits per heavy atom. The standard InChI is InChI=1S/C16H20OS/c17-16(14-9-10-4-5-11(14)8-10)13-2-1-3-15-12(13)6-7-18-15/h6-7,10-11,13-14H,1-5,8-9H2. The van der Waals surface area contributed by atoms with E-state index in [1.165, 1.54) is 49.0 Å². The van der Waals surface area contributed by atoms with Crippen LogP contribution in [-0.4, -0.2) is 5.78 Å². The van der Waals surface area contributed by atoms with Gasteiger partial charge in [-0.15, -0.1) is 11.3 Å². The van der Waals surface area contributed by atoms with Gasteiger partial charge in [-0.05, 0) is 67.4 Å². The van der Waals surface area contributed by atoms with Gasteiger partial charge in [0.05, 0.1) is 0 Å². The van der Waals surface area contributed by atoms with E-state index in [-0.39, 0.29) is 5.92 Å². The third-order valence-corrected chi connectivity index (χ3v) is 6.50. The molecule has 2 saturated carbocycles. The van der Waals surface area contributed by atoms with Crippen LogP contribution in [0.3, 0.4) is 0 Å². The van der Waals surface area contributed by atoms with E-state index in [4.69, 9.17) is 0 Å². The first kappa shape index (κ1) is 11.2. The van der Waals surface area contributed by atoms with Crippen LogP contribution in [0.1, 0.15) is 54.9 Å². The van der Waals surface area contributed by atoms with Gasteiger partial charge in [-0.3, -0.25) is 4.79 Å². The van der Waals surface area contributed by atoms with Crippen LogP contribution in [0, 0.1) is 17.8 Å². The summed E-state index contributed by atoms with van der Waals surface area (Å²) in [7, 11) is 0. The van der Waals surface area contributed by atoms with E-state index >= 15 is 0 Å². The van der Waals surface area contributed by atoms with Gasteiger partial charge in [-0.1, -0.05) is 6.42 Å². The summed E-state index contributed by atoms with van der Waals surface area (Å²) >= 11 is 1.85. The Labute approximate surface area is 113 Å². The van der Waals surface area contributed by atoms with Gasteiger partial charge in [-0.2, -0.15) is 0 Å². The molecule has 4 rings (SSSR count). The molecule has 4 unspecified atom stereocenters. The van der Waals surface area contributed by atoms with Crippen LogP contribution in [0.25, 0.3) is 0 Å². The highest BCUT2D eigenvalue weighted by Crippen LogP contribution is 2.51. The van der Waals surface area contributed by atoms with Crippen LogP contribution in [0.4, 0.5) is 0 Å². The number of Topliss-reactive ketones (excluding diaryl/α,β-unsaturated/α-hetero) is 1. The summed E-state index contributed by atoms with van der Waals surface area (Å²) in [6, 6.07) is 2.22. The molecule has 1 heterocycles. The number of aryl methyl sites for hydroxylation is 1. The third-order valence-electron chi connectivity index (χ3n) is 5.50. The average molecular weight is 260 g/mol. The van der Waals surface area contributed by atoms with Crippen LogP contribution in [0.2, 0.25) is 0 Å². The lowest BCUT2D eigenvalue weighted by atomic mass is 9.75. The fraction of sp³-hybridized carbons (Fsp3) is 0.688. The number of thiophene rings is 1. The summed E-state index contributed by atoms with van der Waals surface area (Å²) in [5.74, 6) is 2.89. The van der Waals surface area contributed by atoms with Crippen molar-refractivity contribution in [2.45, 2.75) is 50.9 Å². The zero-order valence-electron chi connectivity index (χ0n) is 10.7. The van der Waals surface area contributed by atoms with Gasteiger partial charge in [0.15, 0.2) is 0 Å². The molecule has 2 bridgehead atoms. The monoisotopic (exact) mass is 260 g/mol. The van der Waals surface area contributed by atoms with Crippen molar-refractivity contribution in [2.24, 2.45) is 17.8 Å². The summed E-state index contributed by atoms with van der Waals surface area (Å²) in [5.41, 5.74) is 1.39. The zero-order valence-corrected chi connectivity index (χ0v) is 11.5. The highest BCUT2D eigenvalue weighted by Gasteiger charge is 2.45. The SMILES string of the molecule is O=C(C1CCCc2sccc21)C1CC2CCC1C2. The Bertz CT molecular complexity index is 475. The van der Waals surface area contributed by atoms with Crippen molar-refractivity contribution < 1.29 is 4.79 Å². The molecule has 1 aromatic rings. The van der Waals surface area contributed by atoms with Crippen molar-refractivity contribution in [3.8, 4) is 0 Å². The maximum Gasteiger partial charge on any atom is 0.143 e. The topological polar surface area (TPSA) is 17.1 Å². The molecular formula is C16H20OS. The lowest BCUT2D eigenvalue weighted by Gasteiger charge is -2.28. The van der Waals surface area contributed by atoms with Gasteiger partial charge >= 0.3 is 0 Å². The second kappa shape index (κ2) is 4.19. The number of hydrogen-bond donors (Lipinski definition) is 0. The number of carbonyl (C=O) groups excluding carboxylic acids is 1. The predicted octanol–water partition coefficient (Wildman–Crippen LogP) is 4.17. The van der Waals surface area contributed by atoms with Crippen molar-refractivity contribution >= 4 is 17.1 Å². The van der Waals surface area contributed by atoms with Crippen molar-refractivity contribution in [1.29, 1.82) is 0 Å². The van der Waals surface area contributed by atoms with Gasteiger partial charge < -0.3 is 0 Å². The minimum Gasteiger partial charge on any atom is -0.299 e. The molecule has 2 fully saturated rings. The largest absolute Gasteiger partial charge is 0.299 e. The molecule has 0 saturated heterocycles. The average Bonchev–Trinajstić information content (AvgIpc) is 3.12. The van der Waals surface area contributed by atoms with Gasteiger partial charge in [0.1, 0.15) is 5.78 Å². The molecule has 18 heavy (non-hydrogen) atoms. The van der Waals surface area contributed by atoms with E-state index in [0.717, 1.165) is 18.3 Å². The molecule has 2 heteroatoms. The molecule has 3 aliphatic carbocycles.